The molecule has 7 nitrogen and oxygen atoms in total. The van der Waals surface area contributed by atoms with Crippen LogP contribution in [0.15, 0.2) is 24.4 Å². The Morgan fingerprint density at radius 3 is 2.77 bits per heavy atom. The number of anilines is 1. The third kappa shape index (κ3) is 5.65. The number of hydrogen-bond acceptors (Lipinski definition) is 6. The molecular formula is C22H27F2N5O2. The van der Waals surface area contributed by atoms with Crippen molar-refractivity contribution in [2.75, 3.05) is 31.1 Å². The van der Waals surface area contributed by atoms with Crippen molar-refractivity contribution in [3.05, 3.63) is 41.3 Å². The first-order valence-corrected chi connectivity index (χ1v) is 10.7. The second-order valence-electron chi connectivity index (χ2n) is 8.34. The normalized spacial score (nSPS) is 17.2. The first-order chi connectivity index (χ1) is 14.9. The van der Waals surface area contributed by atoms with Gasteiger partial charge in [-0.2, -0.15) is 10.2 Å². The zero-order chi connectivity index (χ0) is 21.8. The van der Waals surface area contributed by atoms with Gasteiger partial charge in [-0.15, -0.1) is 0 Å². The molecule has 1 saturated carbocycles. The van der Waals surface area contributed by atoms with Crippen LogP contribution < -0.4 is 15.0 Å². The number of rotatable bonds is 10. The third-order valence-corrected chi connectivity index (χ3v) is 5.59. The third-order valence-electron chi connectivity index (χ3n) is 5.59. The van der Waals surface area contributed by atoms with E-state index in [0.29, 0.717) is 30.6 Å². The molecular weight excluding hydrogens is 404 g/mol. The number of halogens is 2. The summed E-state index contributed by atoms with van der Waals surface area (Å²) >= 11 is 0. The van der Waals surface area contributed by atoms with E-state index in [4.69, 9.17) is 4.74 Å². The summed E-state index contributed by atoms with van der Waals surface area (Å²) in [6, 6.07) is 5.25. The Labute approximate surface area is 180 Å². The Morgan fingerprint density at radius 1 is 1.26 bits per heavy atom. The Kier molecular flexibility index (Phi) is 6.29. The van der Waals surface area contributed by atoms with Crippen molar-refractivity contribution in [1.82, 2.24) is 20.5 Å². The maximum atomic E-state index is 13.4. The number of unbranched alkanes of at least 4 members (excludes halogenated alkanes) is 1. The van der Waals surface area contributed by atoms with Gasteiger partial charge >= 0.3 is 0 Å². The van der Waals surface area contributed by atoms with E-state index in [2.05, 4.69) is 20.5 Å². The predicted molar refractivity (Wildman–Crippen MR) is 112 cm³/mol. The molecule has 166 valence electrons. The summed E-state index contributed by atoms with van der Waals surface area (Å²) in [6.07, 6.45) is 6.48. The smallest absolute Gasteiger partial charge is 0.282 e. The van der Waals surface area contributed by atoms with E-state index in [0.717, 1.165) is 43.4 Å². The summed E-state index contributed by atoms with van der Waals surface area (Å²) in [5.74, 6) is -2.20. The molecule has 9 heteroatoms. The molecule has 1 N–H and O–H groups in total. The van der Waals surface area contributed by atoms with Gasteiger partial charge in [0, 0.05) is 18.8 Å². The van der Waals surface area contributed by atoms with Crippen molar-refractivity contribution in [2.24, 2.45) is 5.92 Å². The standard InChI is InChI=1S/C22H27F2N5O2/c1-15-17(9-11-26-28-15)4-2-3-10-25-21(30)20-18(29-13-22(23,24)14-29)7-8-19(27-20)31-12-16-5-6-16/h7-9,11,16H,2-6,10,12-14H2,1H3,(H,25,30). The highest BCUT2D eigenvalue weighted by molar-refractivity contribution is 5.98. The summed E-state index contributed by atoms with van der Waals surface area (Å²) in [6.45, 7) is 2.15. The monoisotopic (exact) mass is 431 g/mol. The topological polar surface area (TPSA) is 80.2 Å². The van der Waals surface area contributed by atoms with Crippen LogP contribution >= 0.6 is 0 Å². The quantitative estimate of drug-likeness (QED) is 0.582. The molecule has 0 radical (unpaired) electrons. The first-order valence-electron chi connectivity index (χ1n) is 10.7. The van der Waals surface area contributed by atoms with Gasteiger partial charge in [0.15, 0.2) is 5.69 Å². The average Bonchev–Trinajstić information content (AvgIpc) is 3.56. The van der Waals surface area contributed by atoms with Crippen LogP contribution in [0.3, 0.4) is 0 Å². The number of aromatic nitrogens is 3. The average molecular weight is 431 g/mol. The number of pyridine rings is 1. The molecule has 1 amide bonds. The number of hydrogen-bond donors (Lipinski definition) is 1. The molecule has 31 heavy (non-hydrogen) atoms. The lowest BCUT2D eigenvalue weighted by atomic mass is 10.1. The van der Waals surface area contributed by atoms with Crippen molar-refractivity contribution in [1.29, 1.82) is 0 Å². The van der Waals surface area contributed by atoms with Gasteiger partial charge in [-0.05, 0) is 62.6 Å². The van der Waals surface area contributed by atoms with Gasteiger partial charge < -0.3 is 15.0 Å². The number of carbonyl (C=O) groups excluding carboxylic acids is 1. The Bertz CT molecular complexity index is 928. The lowest BCUT2D eigenvalue weighted by Crippen LogP contribution is -2.57. The van der Waals surface area contributed by atoms with Crippen LogP contribution in [0.5, 0.6) is 5.88 Å². The van der Waals surface area contributed by atoms with E-state index in [1.54, 1.807) is 18.3 Å². The summed E-state index contributed by atoms with van der Waals surface area (Å²) in [5, 5.41) is 10.8. The molecule has 0 atom stereocenters. The van der Waals surface area contributed by atoms with Crippen LogP contribution in [-0.2, 0) is 6.42 Å². The van der Waals surface area contributed by atoms with E-state index < -0.39 is 19.0 Å². The van der Waals surface area contributed by atoms with E-state index in [-0.39, 0.29) is 11.6 Å². The minimum Gasteiger partial charge on any atom is -0.477 e. The molecule has 3 heterocycles. The first kappa shape index (κ1) is 21.4. The van der Waals surface area contributed by atoms with Crippen molar-refractivity contribution in [3.8, 4) is 5.88 Å². The number of nitrogens with one attached hydrogen (secondary N) is 1. The van der Waals surface area contributed by atoms with Gasteiger partial charge in [0.05, 0.1) is 31.1 Å². The maximum absolute atomic E-state index is 13.4. The molecule has 0 aromatic carbocycles. The van der Waals surface area contributed by atoms with E-state index >= 15 is 0 Å². The highest BCUT2D eigenvalue weighted by Gasteiger charge is 2.45. The molecule has 2 aromatic rings. The van der Waals surface area contributed by atoms with Gasteiger partial charge in [-0.3, -0.25) is 4.79 Å². The van der Waals surface area contributed by atoms with Crippen LogP contribution in [0, 0.1) is 12.8 Å². The summed E-state index contributed by atoms with van der Waals surface area (Å²) < 4.78 is 32.4. The molecule has 1 aliphatic carbocycles. The molecule has 1 aliphatic heterocycles. The lowest BCUT2D eigenvalue weighted by Gasteiger charge is -2.40. The van der Waals surface area contributed by atoms with Gasteiger partial charge in [-0.1, -0.05) is 0 Å². The van der Waals surface area contributed by atoms with Crippen LogP contribution in [0.25, 0.3) is 0 Å². The second-order valence-corrected chi connectivity index (χ2v) is 8.34. The fourth-order valence-corrected chi connectivity index (χ4v) is 3.53. The molecule has 4 rings (SSSR count). The highest BCUT2D eigenvalue weighted by atomic mass is 19.3. The minimum absolute atomic E-state index is 0.137. The Balaban J connectivity index is 1.34. The van der Waals surface area contributed by atoms with Crippen LogP contribution in [0.2, 0.25) is 0 Å². The van der Waals surface area contributed by atoms with Crippen LogP contribution in [0.4, 0.5) is 14.5 Å². The molecule has 1 saturated heterocycles. The van der Waals surface area contributed by atoms with E-state index in [1.807, 2.05) is 13.0 Å². The molecule has 0 unspecified atom stereocenters. The van der Waals surface area contributed by atoms with Gasteiger partial charge in [-0.25, -0.2) is 13.8 Å². The predicted octanol–water partition coefficient (Wildman–Crippen LogP) is 3.18. The number of nitrogens with zero attached hydrogens (tertiary/aromatic N) is 4. The Hall–Kier alpha value is -2.84. The zero-order valence-electron chi connectivity index (χ0n) is 17.6. The van der Waals surface area contributed by atoms with Crippen LogP contribution in [-0.4, -0.2) is 53.3 Å². The van der Waals surface area contributed by atoms with Crippen molar-refractivity contribution in [2.45, 2.75) is 45.0 Å². The van der Waals surface area contributed by atoms with Gasteiger partial charge in [0.25, 0.3) is 11.8 Å². The number of alkyl halides is 2. The molecule has 2 aromatic heterocycles. The second kappa shape index (κ2) is 9.11. The molecule has 0 spiro atoms. The fraction of sp³-hybridized carbons (Fsp3) is 0.545. The van der Waals surface area contributed by atoms with Crippen LogP contribution in [0.1, 0.15) is 47.4 Å². The van der Waals surface area contributed by atoms with Crippen molar-refractivity contribution in [3.63, 3.8) is 0 Å². The molecule has 0 bridgehead atoms. The number of carbonyl (C=O) groups is 1. The van der Waals surface area contributed by atoms with Gasteiger partial charge in [0.2, 0.25) is 5.88 Å². The fourth-order valence-electron chi connectivity index (χ4n) is 3.53. The summed E-state index contributed by atoms with van der Waals surface area (Å²) in [4.78, 5) is 18.6. The van der Waals surface area contributed by atoms with Crippen molar-refractivity contribution >= 4 is 11.6 Å². The zero-order valence-corrected chi connectivity index (χ0v) is 17.6. The largest absolute Gasteiger partial charge is 0.477 e. The Morgan fingerprint density at radius 2 is 2.06 bits per heavy atom. The number of amides is 1. The summed E-state index contributed by atoms with van der Waals surface area (Å²) in [7, 11) is 0. The lowest BCUT2D eigenvalue weighted by molar-refractivity contribution is -0.0263. The molecule has 2 aliphatic rings. The van der Waals surface area contributed by atoms with Crippen molar-refractivity contribution < 1.29 is 18.3 Å². The maximum Gasteiger partial charge on any atom is 0.282 e. The van der Waals surface area contributed by atoms with E-state index in [9.17, 15) is 13.6 Å². The summed E-state index contributed by atoms with van der Waals surface area (Å²) in [5.41, 5.74) is 2.61. The van der Waals surface area contributed by atoms with E-state index in [1.165, 1.54) is 4.90 Å². The number of aryl methyl sites for hydroxylation is 2. The molecule has 2 fully saturated rings. The SMILES string of the molecule is Cc1nnccc1CCCCNC(=O)c1nc(OCC2CC2)ccc1N1CC(F)(F)C1. The van der Waals surface area contributed by atoms with Gasteiger partial charge in [0.1, 0.15) is 0 Å². The number of ether oxygens (including phenoxy) is 1. The highest BCUT2D eigenvalue weighted by Crippen LogP contribution is 2.34. The minimum atomic E-state index is -2.73.